The Labute approximate surface area is 212 Å². The average Bonchev–Trinajstić information content (AvgIpc) is 2.85. The summed E-state index contributed by atoms with van der Waals surface area (Å²) in [5, 5.41) is 21.1. The van der Waals surface area contributed by atoms with Crippen molar-refractivity contribution in [3.8, 4) is 6.07 Å². The molecule has 34 heavy (non-hydrogen) atoms. The summed E-state index contributed by atoms with van der Waals surface area (Å²) >= 11 is 2.69. The van der Waals surface area contributed by atoms with Crippen LogP contribution in [0.1, 0.15) is 0 Å². The number of aliphatic hydroxyl groups is 1. The van der Waals surface area contributed by atoms with Crippen molar-refractivity contribution in [2.24, 2.45) is 0 Å². The number of halogens is 1. The summed E-state index contributed by atoms with van der Waals surface area (Å²) in [6.45, 7) is 4.77. The van der Waals surface area contributed by atoms with Crippen molar-refractivity contribution in [3.63, 3.8) is 0 Å². The minimum absolute atomic E-state index is 0.00882. The number of hydrogen-bond donors (Lipinski definition) is 2. The monoisotopic (exact) mass is 585 g/mol. The number of hydrogen-bond acceptors (Lipinski definition) is 8. The van der Waals surface area contributed by atoms with Gasteiger partial charge in [-0.15, -0.1) is 0 Å². The molecule has 0 aliphatic carbocycles. The number of piperazine rings is 1. The first-order valence-electron chi connectivity index (χ1n) is 10.9. The first kappa shape index (κ1) is 24.4. The molecular formula is C23H25AsBrN7O2. The molecule has 1 atom stereocenters. The van der Waals surface area contributed by atoms with E-state index >= 15 is 0 Å². The van der Waals surface area contributed by atoms with Crippen molar-refractivity contribution in [2.45, 2.75) is 6.54 Å². The molecule has 176 valence electrons. The topological polar surface area (TPSA) is 110 Å². The Morgan fingerprint density at radius 3 is 2.65 bits per heavy atom. The molecule has 1 aromatic carbocycles. The molecule has 11 heteroatoms. The van der Waals surface area contributed by atoms with Gasteiger partial charge in [0.05, 0.1) is 0 Å². The van der Waals surface area contributed by atoms with Gasteiger partial charge in [0.15, 0.2) is 0 Å². The van der Waals surface area contributed by atoms with Crippen molar-refractivity contribution in [2.75, 3.05) is 49.5 Å². The van der Waals surface area contributed by atoms with Gasteiger partial charge in [-0.3, -0.25) is 0 Å². The molecule has 2 N–H and O–H groups in total. The number of pyridine rings is 1. The molecule has 0 bridgehead atoms. The van der Waals surface area contributed by atoms with Crippen LogP contribution in [0.15, 0.2) is 58.1 Å². The molecule has 9 nitrogen and oxygen atoms in total. The van der Waals surface area contributed by atoms with Crippen molar-refractivity contribution >= 4 is 57.8 Å². The van der Waals surface area contributed by atoms with Crippen LogP contribution in [0.25, 0.3) is 0 Å². The van der Waals surface area contributed by atoms with Crippen LogP contribution in [-0.4, -0.2) is 79.6 Å². The Morgan fingerprint density at radius 2 is 1.94 bits per heavy atom. The zero-order valence-corrected chi connectivity index (χ0v) is 22.2. The van der Waals surface area contributed by atoms with Crippen LogP contribution < -0.4 is 24.7 Å². The molecule has 1 aliphatic rings. The second-order valence-corrected chi connectivity index (χ2v) is 11.3. The molecule has 3 heterocycles. The van der Waals surface area contributed by atoms with Gasteiger partial charge in [-0.2, -0.15) is 0 Å². The number of nitriles is 1. The third kappa shape index (κ3) is 6.05. The molecule has 4 rings (SSSR count). The van der Waals surface area contributed by atoms with Gasteiger partial charge in [0.2, 0.25) is 0 Å². The van der Waals surface area contributed by atoms with E-state index in [0.717, 1.165) is 37.3 Å². The van der Waals surface area contributed by atoms with E-state index in [-0.39, 0.29) is 18.7 Å². The maximum atomic E-state index is 12.5. The predicted molar refractivity (Wildman–Crippen MR) is 138 cm³/mol. The number of rotatable bonds is 8. The molecule has 2 aromatic heterocycles. The van der Waals surface area contributed by atoms with Gasteiger partial charge in [-0.05, 0) is 0 Å². The number of benzene rings is 1. The van der Waals surface area contributed by atoms with E-state index in [0.29, 0.717) is 16.0 Å². The van der Waals surface area contributed by atoms with Crippen LogP contribution >= 0.6 is 15.9 Å². The Kier molecular flexibility index (Phi) is 8.35. The van der Waals surface area contributed by atoms with Crippen molar-refractivity contribution in [3.05, 3.63) is 63.6 Å². The van der Waals surface area contributed by atoms with Crippen molar-refractivity contribution < 1.29 is 5.11 Å². The van der Waals surface area contributed by atoms with E-state index in [1.165, 1.54) is 14.6 Å². The number of nitrogens with zero attached hydrogens (tertiary/aromatic N) is 6. The predicted octanol–water partition coefficient (Wildman–Crippen LogP) is 0.170. The molecule has 1 unspecified atom stereocenters. The van der Waals surface area contributed by atoms with Crippen LogP contribution in [0.5, 0.6) is 0 Å². The van der Waals surface area contributed by atoms with E-state index in [9.17, 15) is 4.79 Å². The number of nitrogens with one attached hydrogen (secondary N) is 1. The summed E-state index contributed by atoms with van der Waals surface area (Å²) in [6.07, 6.45) is 3.28. The molecule has 0 saturated carbocycles. The number of β-amino-alcohol motifs (C(OH)–C–C–N with tert-alkyl or cyclic N) is 1. The summed E-state index contributed by atoms with van der Waals surface area (Å²) in [7, 11) is 0. The minimum atomic E-state index is -0.763. The Bertz CT molecular complexity index is 1220. The standard InChI is InChI=1S/C23H25AsBrN7O2/c25-19-16-27-23(29-21(19)28-20-2-1-8-32(9-7-26)22(20)34)24-17-3-5-18(6-4-17)31-12-10-30(11-13-31)14-15-33/h1-6,8,16,24,33H,9-15H2,(H,27,28,29). The summed E-state index contributed by atoms with van der Waals surface area (Å²) in [5.74, 6) is 0.526. The van der Waals surface area contributed by atoms with Crippen molar-refractivity contribution in [1.29, 1.82) is 5.26 Å². The fraction of sp³-hybridized carbons (Fsp3) is 0.304. The van der Waals surface area contributed by atoms with Gasteiger partial charge in [0.25, 0.3) is 0 Å². The molecule has 0 radical (unpaired) electrons. The summed E-state index contributed by atoms with van der Waals surface area (Å²) in [4.78, 5) is 26.3. The Morgan fingerprint density at radius 1 is 1.18 bits per heavy atom. The summed E-state index contributed by atoms with van der Waals surface area (Å²) < 4.78 is 3.98. The zero-order chi connectivity index (χ0) is 23.9. The van der Waals surface area contributed by atoms with Crippen LogP contribution in [0.2, 0.25) is 0 Å². The molecular weight excluding hydrogens is 561 g/mol. The van der Waals surface area contributed by atoms with E-state index in [4.69, 9.17) is 10.4 Å². The zero-order valence-electron chi connectivity index (χ0n) is 18.5. The van der Waals surface area contributed by atoms with E-state index < -0.39 is 15.8 Å². The second kappa shape index (κ2) is 11.6. The normalized spacial score (nSPS) is 14.4. The first-order valence-corrected chi connectivity index (χ1v) is 13.8. The van der Waals surface area contributed by atoms with Crippen molar-refractivity contribution in [1.82, 2.24) is 19.4 Å². The first-order chi connectivity index (χ1) is 16.6. The van der Waals surface area contributed by atoms with Crippen LogP contribution in [-0.2, 0) is 6.54 Å². The van der Waals surface area contributed by atoms with Crippen LogP contribution in [0.3, 0.4) is 0 Å². The van der Waals surface area contributed by atoms with Gasteiger partial charge in [-0.1, -0.05) is 0 Å². The van der Waals surface area contributed by atoms with Crippen LogP contribution in [0.4, 0.5) is 17.2 Å². The quantitative estimate of drug-likeness (QED) is 0.360. The number of anilines is 3. The molecule has 1 saturated heterocycles. The van der Waals surface area contributed by atoms with E-state index in [2.05, 4.69) is 65.3 Å². The molecule has 1 aliphatic heterocycles. The SMILES string of the molecule is N#CCn1cccc(Nc2nc([AsH]c3ccc(N4CCN(CCO)CC4)cc3)ncc2Br)c1=O. The summed E-state index contributed by atoms with van der Waals surface area (Å²) in [5.41, 5.74) is 1.28. The van der Waals surface area contributed by atoms with Gasteiger partial charge < -0.3 is 0 Å². The van der Waals surface area contributed by atoms with E-state index in [1.54, 1.807) is 24.5 Å². The van der Waals surface area contributed by atoms with Gasteiger partial charge in [-0.25, -0.2) is 0 Å². The number of aliphatic hydroxyl groups excluding tert-OH is 1. The Hall–Kier alpha value is -2.70. The average molecular weight is 586 g/mol. The van der Waals surface area contributed by atoms with Gasteiger partial charge >= 0.3 is 213 Å². The molecule has 3 aromatic rings. The molecule has 1 fully saturated rings. The molecule has 0 amide bonds. The Balaban J connectivity index is 1.43. The molecule has 0 spiro atoms. The fourth-order valence-electron chi connectivity index (χ4n) is 3.73. The van der Waals surface area contributed by atoms with Crippen LogP contribution in [0, 0.1) is 11.3 Å². The maximum absolute atomic E-state index is 12.5. The second-order valence-electron chi connectivity index (χ2n) is 7.75. The fourth-order valence-corrected chi connectivity index (χ4v) is 5.88. The van der Waals surface area contributed by atoms with Gasteiger partial charge in [0.1, 0.15) is 0 Å². The third-order valence-electron chi connectivity index (χ3n) is 5.54. The summed E-state index contributed by atoms with van der Waals surface area (Å²) in [6, 6.07) is 14.0. The number of aromatic nitrogens is 3. The third-order valence-corrected chi connectivity index (χ3v) is 8.40. The van der Waals surface area contributed by atoms with Gasteiger partial charge in [0, 0.05) is 0 Å². The van der Waals surface area contributed by atoms with E-state index in [1.807, 2.05) is 6.07 Å².